The molecular formula is C22H24F2N4O2. The normalized spacial score (nSPS) is 11.6. The number of aryl methyl sites for hydroxylation is 1. The van der Waals surface area contributed by atoms with Gasteiger partial charge in [0.1, 0.15) is 12.0 Å². The van der Waals surface area contributed by atoms with Crippen molar-refractivity contribution in [3.63, 3.8) is 0 Å². The number of guanidine groups is 1. The smallest absolute Gasteiger partial charge is 0.387 e. The maximum Gasteiger partial charge on any atom is 0.387 e. The molecule has 2 aromatic carbocycles. The third kappa shape index (κ3) is 6.04. The second-order valence-electron chi connectivity index (χ2n) is 6.55. The molecule has 0 aliphatic rings. The minimum Gasteiger partial charge on any atom is -0.444 e. The van der Waals surface area contributed by atoms with Gasteiger partial charge >= 0.3 is 6.61 Å². The Kier molecular flexibility index (Phi) is 7.37. The highest BCUT2D eigenvalue weighted by atomic mass is 19.3. The summed E-state index contributed by atoms with van der Waals surface area (Å²) >= 11 is 0. The van der Waals surface area contributed by atoms with Crippen molar-refractivity contribution in [2.75, 3.05) is 6.54 Å². The van der Waals surface area contributed by atoms with Crippen LogP contribution in [0.5, 0.6) is 5.75 Å². The van der Waals surface area contributed by atoms with E-state index in [1.807, 2.05) is 44.2 Å². The Hall–Kier alpha value is -3.42. The Labute approximate surface area is 174 Å². The number of benzene rings is 2. The summed E-state index contributed by atoms with van der Waals surface area (Å²) in [5, 5.41) is 6.30. The average Bonchev–Trinajstić information content (AvgIpc) is 3.21. The fourth-order valence-electron chi connectivity index (χ4n) is 2.82. The summed E-state index contributed by atoms with van der Waals surface area (Å²) < 4.78 is 35.5. The summed E-state index contributed by atoms with van der Waals surface area (Å²) in [5.41, 5.74) is 3.14. The predicted octanol–water partition coefficient (Wildman–Crippen LogP) is 4.51. The lowest BCUT2D eigenvalue weighted by Gasteiger charge is -2.12. The molecule has 1 aromatic heterocycles. The van der Waals surface area contributed by atoms with Crippen molar-refractivity contribution < 1.29 is 17.9 Å². The minimum absolute atomic E-state index is 0.124. The highest BCUT2D eigenvalue weighted by Gasteiger charge is 2.11. The van der Waals surface area contributed by atoms with E-state index in [2.05, 4.69) is 25.3 Å². The molecule has 0 fully saturated rings. The van der Waals surface area contributed by atoms with Crippen molar-refractivity contribution in [1.82, 2.24) is 15.6 Å². The molecule has 0 aliphatic carbocycles. The quantitative estimate of drug-likeness (QED) is 0.419. The number of alkyl halides is 2. The van der Waals surface area contributed by atoms with Crippen LogP contribution in [0.4, 0.5) is 8.78 Å². The van der Waals surface area contributed by atoms with Gasteiger partial charge in [0.2, 0.25) is 5.89 Å². The first-order valence-electron chi connectivity index (χ1n) is 9.61. The van der Waals surface area contributed by atoms with Gasteiger partial charge in [-0.3, -0.25) is 0 Å². The topological polar surface area (TPSA) is 71.7 Å². The maximum atomic E-state index is 12.7. The Balaban J connectivity index is 1.67. The molecule has 0 atom stereocenters. The number of hydrogen-bond donors (Lipinski definition) is 2. The lowest BCUT2D eigenvalue weighted by atomic mass is 10.1. The third-order valence-corrected chi connectivity index (χ3v) is 4.19. The summed E-state index contributed by atoms with van der Waals surface area (Å²) in [6.45, 7) is 2.18. The maximum absolute atomic E-state index is 12.7. The van der Waals surface area contributed by atoms with E-state index < -0.39 is 6.61 Å². The van der Waals surface area contributed by atoms with Crippen LogP contribution in [0.3, 0.4) is 0 Å². The largest absolute Gasteiger partial charge is 0.444 e. The molecule has 0 aliphatic heterocycles. The van der Waals surface area contributed by atoms with Crippen molar-refractivity contribution in [3.8, 4) is 17.2 Å². The van der Waals surface area contributed by atoms with Crippen LogP contribution in [0.25, 0.3) is 11.5 Å². The molecule has 0 unspecified atom stereocenters. The minimum atomic E-state index is -2.88. The number of aliphatic imine (C=N–C) groups is 1. The van der Waals surface area contributed by atoms with Crippen LogP contribution < -0.4 is 15.4 Å². The standard InChI is InChI=1S/C22H24F2N4O2/c1-3-25-22(26-12-17-11-15(2)9-10-19(17)30-21(23)24)27-13-18-14-29-20(28-18)16-7-5-4-6-8-16/h4-11,14,21H,3,12-13H2,1-2H3,(H2,25,26,27). The van der Waals surface area contributed by atoms with Gasteiger partial charge in [0.15, 0.2) is 5.96 Å². The van der Waals surface area contributed by atoms with E-state index in [9.17, 15) is 8.78 Å². The lowest BCUT2D eigenvalue weighted by molar-refractivity contribution is -0.0504. The lowest BCUT2D eigenvalue weighted by Crippen LogP contribution is -2.36. The van der Waals surface area contributed by atoms with Crippen molar-refractivity contribution >= 4 is 5.96 Å². The molecule has 0 radical (unpaired) electrons. The zero-order valence-electron chi connectivity index (χ0n) is 16.9. The van der Waals surface area contributed by atoms with E-state index in [0.29, 0.717) is 30.5 Å². The molecule has 0 bridgehead atoms. The first-order chi connectivity index (χ1) is 14.5. The van der Waals surface area contributed by atoms with Crippen molar-refractivity contribution in [2.24, 2.45) is 4.99 Å². The fourth-order valence-corrected chi connectivity index (χ4v) is 2.82. The molecule has 0 saturated heterocycles. The van der Waals surface area contributed by atoms with E-state index >= 15 is 0 Å². The highest BCUT2D eigenvalue weighted by molar-refractivity contribution is 5.79. The van der Waals surface area contributed by atoms with Gasteiger partial charge in [-0.2, -0.15) is 8.78 Å². The van der Waals surface area contributed by atoms with Crippen molar-refractivity contribution in [1.29, 1.82) is 0 Å². The van der Waals surface area contributed by atoms with E-state index in [0.717, 1.165) is 16.8 Å². The summed E-state index contributed by atoms with van der Waals surface area (Å²) in [6.07, 6.45) is 1.59. The van der Waals surface area contributed by atoms with Crippen LogP contribution in [0.15, 0.2) is 64.2 Å². The first-order valence-corrected chi connectivity index (χ1v) is 9.61. The number of halogens is 2. The van der Waals surface area contributed by atoms with Gasteiger partial charge < -0.3 is 19.8 Å². The van der Waals surface area contributed by atoms with Crippen LogP contribution in [0, 0.1) is 6.92 Å². The Morgan fingerprint density at radius 1 is 1.17 bits per heavy atom. The van der Waals surface area contributed by atoms with Gasteiger partial charge in [0.25, 0.3) is 0 Å². The number of nitrogens with one attached hydrogen (secondary N) is 2. The van der Waals surface area contributed by atoms with Gasteiger partial charge in [0.05, 0.1) is 18.8 Å². The monoisotopic (exact) mass is 414 g/mol. The molecule has 6 nitrogen and oxygen atoms in total. The van der Waals surface area contributed by atoms with Crippen LogP contribution in [0.1, 0.15) is 23.7 Å². The Morgan fingerprint density at radius 2 is 1.97 bits per heavy atom. The first kappa shape index (κ1) is 21.3. The number of oxazole rings is 1. The molecule has 1 heterocycles. The van der Waals surface area contributed by atoms with Gasteiger partial charge in [-0.15, -0.1) is 0 Å². The van der Waals surface area contributed by atoms with Crippen LogP contribution in [0.2, 0.25) is 0 Å². The van der Waals surface area contributed by atoms with E-state index in [1.54, 1.807) is 18.4 Å². The summed E-state index contributed by atoms with van der Waals surface area (Å²) in [5.74, 6) is 1.20. The molecule has 0 spiro atoms. The second kappa shape index (κ2) is 10.4. The number of aromatic nitrogens is 1. The van der Waals surface area contributed by atoms with Gasteiger partial charge in [-0.05, 0) is 32.0 Å². The van der Waals surface area contributed by atoms with Crippen molar-refractivity contribution in [2.45, 2.75) is 33.5 Å². The molecular weight excluding hydrogens is 390 g/mol. The second-order valence-corrected chi connectivity index (χ2v) is 6.55. The SMILES string of the molecule is CCNC(=NCc1cc(C)ccc1OC(F)F)NCc1coc(-c2ccccc2)n1. The molecule has 3 aromatic rings. The van der Waals surface area contributed by atoms with Crippen molar-refractivity contribution in [3.05, 3.63) is 71.6 Å². The van der Waals surface area contributed by atoms with Crippen LogP contribution in [-0.2, 0) is 13.1 Å². The summed E-state index contributed by atoms with van der Waals surface area (Å²) in [4.78, 5) is 8.96. The molecule has 158 valence electrons. The Morgan fingerprint density at radius 3 is 2.70 bits per heavy atom. The summed E-state index contributed by atoms with van der Waals surface area (Å²) in [6, 6.07) is 14.7. The molecule has 3 rings (SSSR count). The highest BCUT2D eigenvalue weighted by Crippen LogP contribution is 2.23. The number of ether oxygens (including phenoxy) is 1. The van der Waals surface area contributed by atoms with Crippen LogP contribution in [-0.4, -0.2) is 24.1 Å². The van der Waals surface area contributed by atoms with E-state index in [4.69, 9.17) is 4.42 Å². The zero-order valence-corrected chi connectivity index (χ0v) is 16.9. The predicted molar refractivity (Wildman–Crippen MR) is 111 cm³/mol. The molecule has 0 saturated carbocycles. The van der Waals surface area contributed by atoms with Gasteiger partial charge in [-0.25, -0.2) is 9.98 Å². The zero-order chi connectivity index (χ0) is 21.3. The molecule has 0 amide bonds. The Bertz CT molecular complexity index is 974. The molecule has 2 N–H and O–H groups in total. The number of hydrogen-bond acceptors (Lipinski definition) is 4. The van der Waals surface area contributed by atoms with Gasteiger partial charge in [0, 0.05) is 17.7 Å². The fraction of sp³-hybridized carbons (Fsp3) is 0.273. The van der Waals surface area contributed by atoms with E-state index in [1.165, 1.54) is 6.07 Å². The van der Waals surface area contributed by atoms with Gasteiger partial charge in [-0.1, -0.05) is 35.9 Å². The van der Waals surface area contributed by atoms with E-state index in [-0.39, 0.29) is 12.3 Å². The molecule has 8 heteroatoms. The molecule has 30 heavy (non-hydrogen) atoms. The summed E-state index contributed by atoms with van der Waals surface area (Å²) in [7, 11) is 0. The average molecular weight is 414 g/mol. The number of rotatable bonds is 8. The van der Waals surface area contributed by atoms with Crippen LogP contribution >= 0.6 is 0 Å². The third-order valence-electron chi connectivity index (χ3n) is 4.19. The number of nitrogens with zero attached hydrogens (tertiary/aromatic N) is 2.